The molecule has 2 amide bonds. The van der Waals surface area contributed by atoms with Gasteiger partial charge >= 0.3 is 0 Å². The molecular formula is C21H18NO2. The summed E-state index contributed by atoms with van der Waals surface area (Å²) in [6.07, 6.45) is 1.03. The Bertz CT molecular complexity index is 871. The van der Waals surface area contributed by atoms with Gasteiger partial charge in [-0.25, -0.2) is 4.90 Å². The van der Waals surface area contributed by atoms with Crippen LogP contribution in [0.4, 0.5) is 5.69 Å². The Labute approximate surface area is 141 Å². The van der Waals surface area contributed by atoms with E-state index in [2.05, 4.69) is 6.07 Å². The molecule has 24 heavy (non-hydrogen) atoms. The van der Waals surface area contributed by atoms with Crippen LogP contribution in [0.1, 0.15) is 30.1 Å². The lowest BCUT2D eigenvalue weighted by Gasteiger charge is -2.21. The number of rotatable bonds is 4. The summed E-state index contributed by atoms with van der Waals surface area (Å²) in [6, 6.07) is 23.1. The summed E-state index contributed by atoms with van der Waals surface area (Å²) in [6.45, 7) is 1.93. The van der Waals surface area contributed by atoms with E-state index >= 15 is 0 Å². The number of imide groups is 1. The zero-order valence-corrected chi connectivity index (χ0v) is 13.5. The van der Waals surface area contributed by atoms with Gasteiger partial charge in [-0.1, -0.05) is 49.4 Å². The summed E-state index contributed by atoms with van der Waals surface area (Å²) in [5.41, 5.74) is 1.08. The molecule has 0 aromatic heterocycles. The minimum atomic E-state index is -0.301. The Morgan fingerprint density at radius 3 is 2.38 bits per heavy atom. The lowest BCUT2D eigenvalue weighted by molar-refractivity contribution is -0.118. The molecule has 0 saturated carbocycles. The standard InChI is InChI=1S/C21H18NO2/c1-2-8-20(23)22(19-11-4-3-5-12-19)21(24)18-14-13-16-9-6-7-10-17(16)15-18/h4-7,9-15H,2,8H2,1H3. The molecule has 3 aromatic rings. The third kappa shape index (κ3) is 3.20. The number of amides is 2. The van der Waals surface area contributed by atoms with E-state index in [1.807, 2.05) is 43.3 Å². The Kier molecular flexibility index (Phi) is 4.71. The van der Waals surface area contributed by atoms with Crippen LogP contribution in [-0.4, -0.2) is 11.8 Å². The Balaban J connectivity index is 2.02. The second kappa shape index (κ2) is 7.09. The van der Waals surface area contributed by atoms with Crippen LogP contribution in [0.3, 0.4) is 0 Å². The number of hydrogen-bond acceptors (Lipinski definition) is 2. The van der Waals surface area contributed by atoms with Crippen molar-refractivity contribution < 1.29 is 9.59 Å². The van der Waals surface area contributed by atoms with E-state index in [-0.39, 0.29) is 11.8 Å². The second-order valence-electron chi connectivity index (χ2n) is 5.60. The monoisotopic (exact) mass is 316 g/mol. The zero-order chi connectivity index (χ0) is 16.9. The molecule has 3 nitrogen and oxygen atoms in total. The maximum Gasteiger partial charge on any atom is 0.265 e. The first-order chi connectivity index (χ1) is 11.7. The van der Waals surface area contributed by atoms with E-state index in [1.165, 1.54) is 4.90 Å². The van der Waals surface area contributed by atoms with E-state index in [0.717, 1.165) is 10.8 Å². The number of benzene rings is 3. The van der Waals surface area contributed by atoms with Crippen molar-refractivity contribution in [2.24, 2.45) is 0 Å². The number of carbonyl (C=O) groups excluding carboxylic acids is 2. The highest BCUT2D eigenvalue weighted by Crippen LogP contribution is 2.21. The van der Waals surface area contributed by atoms with E-state index in [1.54, 1.807) is 30.3 Å². The summed E-state index contributed by atoms with van der Waals surface area (Å²) >= 11 is 0. The third-order valence-electron chi connectivity index (χ3n) is 3.87. The van der Waals surface area contributed by atoms with Gasteiger partial charge in [-0.15, -0.1) is 0 Å². The van der Waals surface area contributed by atoms with Crippen LogP contribution in [-0.2, 0) is 4.79 Å². The van der Waals surface area contributed by atoms with E-state index in [9.17, 15) is 9.59 Å². The maximum atomic E-state index is 13.0. The van der Waals surface area contributed by atoms with Crippen LogP contribution in [0.15, 0.2) is 66.7 Å². The molecule has 0 N–H and O–H groups in total. The smallest absolute Gasteiger partial charge is 0.265 e. The summed E-state index contributed by atoms with van der Waals surface area (Å²) in [5, 5.41) is 2.04. The van der Waals surface area contributed by atoms with Crippen LogP contribution in [0.25, 0.3) is 10.8 Å². The summed E-state index contributed by atoms with van der Waals surface area (Å²) < 4.78 is 0. The van der Waals surface area contributed by atoms with Crippen LogP contribution in [0, 0.1) is 6.07 Å². The molecule has 0 aliphatic rings. The molecule has 0 aliphatic heterocycles. The minimum Gasteiger partial charge on any atom is -0.274 e. The van der Waals surface area contributed by atoms with E-state index in [4.69, 9.17) is 0 Å². The first-order valence-electron chi connectivity index (χ1n) is 8.03. The van der Waals surface area contributed by atoms with Crippen molar-refractivity contribution >= 4 is 28.3 Å². The highest BCUT2D eigenvalue weighted by Gasteiger charge is 2.24. The summed E-state index contributed by atoms with van der Waals surface area (Å²) in [7, 11) is 0. The van der Waals surface area contributed by atoms with Gasteiger partial charge in [0.05, 0.1) is 5.69 Å². The Morgan fingerprint density at radius 1 is 0.958 bits per heavy atom. The first-order valence-corrected chi connectivity index (χ1v) is 8.03. The fourth-order valence-electron chi connectivity index (χ4n) is 2.68. The SMILES string of the molecule is CCCC(=O)N(C(=O)c1ccc2ccccc2c1)c1cc[c]cc1. The maximum absolute atomic E-state index is 13.0. The van der Waals surface area contributed by atoms with E-state index < -0.39 is 0 Å². The zero-order valence-electron chi connectivity index (χ0n) is 13.5. The van der Waals surface area contributed by atoms with Crippen molar-refractivity contribution in [1.29, 1.82) is 0 Å². The fraction of sp³-hybridized carbons (Fsp3) is 0.143. The van der Waals surface area contributed by atoms with Crippen molar-refractivity contribution in [3.05, 3.63) is 78.4 Å². The number of hydrogen-bond donors (Lipinski definition) is 0. The topological polar surface area (TPSA) is 37.4 Å². The van der Waals surface area contributed by atoms with Crippen LogP contribution in [0.2, 0.25) is 0 Å². The van der Waals surface area contributed by atoms with Crippen LogP contribution in [0.5, 0.6) is 0 Å². The largest absolute Gasteiger partial charge is 0.274 e. The molecule has 3 heteroatoms. The Hall–Kier alpha value is -2.94. The summed E-state index contributed by atoms with van der Waals surface area (Å²) in [4.78, 5) is 26.8. The predicted molar refractivity (Wildman–Crippen MR) is 96.0 cm³/mol. The highest BCUT2D eigenvalue weighted by molar-refractivity contribution is 6.21. The van der Waals surface area contributed by atoms with E-state index in [0.29, 0.717) is 24.1 Å². The van der Waals surface area contributed by atoms with Gasteiger partial charge in [0.15, 0.2) is 0 Å². The van der Waals surface area contributed by atoms with Crippen molar-refractivity contribution in [1.82, 2.24) is 0 Å². The molecule has 0 aliphatic carbocycles. The van der Waals surface area contributed by atoms with Crippen molar-refractivity contribution in [3.63, 3.8) is 0 Å². The average molecular weight is 316 g/mol. The van der Waals surface area contributed by atoms with Gasteiger partial charge in [-0.05, 0) is 47.5 Å². The molecule has 0 fully saturated rings. The number of anilines is 1. The quantitative estimate of drug-likeness (QED) is 0.704. The van der Waals surface area contributed by atoms with Gasteiger partial charge in [-0.3, -0.25) is 9.59 Å². The van der Waals surface area contributed by atoms with Crippen LogP contribution >= 0.6 is 0 Å². The highest BCUT2D eigenvalue weighted by atomic mass is 16.2. The van der Waals surface area contributed by atoms with Crippen molar-refractivity contribution in [3.8, 4) is 0 Å². The third-order valence-corrected chi connectivity index (χ3v) is 3.87. The lowest BCUT2D eigenvalue weighted by Crippen LogP contribution is -2.36. The second-order valence-corrected chi connectivity index (χ2v) is 5.60. The molecule has 0 bridgehead atoms. The van der Waals surface area contributed by atoms with Gasteiger partial charge < -0.3 is 0 Å². The number of nitrogens with zero attached hydrogens (tertiary/aromatic N) is 1. The van der Waals surface area contributed by atoms with Crippen LogP contribution < -0.4 is 4.90 Å². The first kappa shape index (κ1) is 15.9. The molecular weight excluding hydrogens is 298 g/mol. The van der Waals surface area contributed by atoms with Gasteiger partial charge in [0.2, 0.25) is 5.91 Å². The molecule has 3 aromatic carbocycles. The van der Waals surface area contributed by atoms with Gasteiger partial charge in [0.1, 0.15) is 0 Å². The molecule has 0 heterocycles. The van der Waals surface area contributed by atoms with Crippen molar-refractivity contribution in [2.45, 2.75) is 19.8 Å². The van der Waals surface area contributed by atoms with Gasteiger partial charge in [0.25, 0.3) is 5.91 Å². The molecule has 0 spiro atoms. The molecule has 3 rings (SSSR count). The molecule has 0 atom stereocenters. The predicted octanol–water partition coefficient (Wildman–Crippen LogP) is 4.61. The molecule has 1 radical (unpaired) electrons. The van der Waals surface area contributed by atoms with Gasteiger partial charge in [-0.2, -0.15) is 0 Å². The fourth-order valence-corrected chi connectivity index (χ4v) is 2.68. The number of carbonyl (C=O) groups is 2. The van der Waals surface area contributed by atoms with Gasteiger partial charge in [0, 0.05) is 12.0 Å². The Morgan fingerprint density at radius 2 is 1.67 bits per heavy atom. The normalized spacial score (nSPS) is 10.5. The lowest BCUT2D eigenvalue weighted by atomic mass is 10.1. The summed E-state index contributed by atoms with van der Waals surface area (Å²) in [5.74, 6) is -0.493. The average Bonchev–Trinajstić information content (AvgIpc) is 2.62. The minimum absolute atomic E-state index is 0.193. The molecule has 119 valence electrons. The number of fused-ring (bicyclic) bond motifs is 1. The molecule has 0 saturated heterocycles. The van der Waals surface area contributed by atoms with Crippen molar-refractivity contribution in [2.75, 3.05) is 4.90 Å². The molecule has 0 unspecified atom stereocenters.